The molecule has 0 aliphatic heterocycles. The second-order valence-corrected chi connectivity index (χ2v) is 8.72. The molecule has 0 heterocycles. The monoisotopic (exact) mass is 444 g/mol. The molecule has 0 aliphatic rings. The van der Waals surface area contributed by atoms with E-state index in [9.17, 15) is 4.79 Å². The molecule has 0 atom stereocenters. The summed E-state index contributed by atoms with van der Waals surface area (Å²) < 4.78 is 5.38. The first-order valence-corrected chi connectivity index (χ1v) is 13.6. The van der Waals surface area contributed by atoms with Crippen LogP contribution in [-0.2, 0) is 9.53 Å². The molecule has 0 spiro atoms. The number of carbonyl (C=O) groups excluding carboxylic acids is 1. The highest BCUT2D eigenvalue weighted by atomic mass is 16.5. The van der Waals surface area contributed by atoms with Gasteiger partial charge in [-0.05, 0) is 51.9 Å². The van der Waals surface area contributed by atoms with Crippen molar-refractivity contribution in [1.29, 1.82) is 0 Å². The van der Waals surface area contributed by atoms with Crippen LogP contribution in [0.25, 0.3) is 0 Å². The van der Waals surface area contributed by atoms with Gasteiger partial charge in [0.1, 0.15) is 0 Å². The number of esters is 1. The molecule has 0 aromatic heterocycles. The van der Waals surface area contributed by atoms with Crippen molar-refractivity contribution in [3.63, 3.8) is 0 Å². The van der Waals surface area contributed by atoms with E-state index in [1.807, 2.05) is 6.92 Å². The Balaban J connectivity index is 3.23. The van der Waals surface area contributed by atoms with Crippen LogP contribution in [0.3, 0.4) is 0 Å². The van der Waals surface area contributed by atoms with Gasteiger partial charge >= 0.3 is 5.97 Å². The lowest BCUT2D eigenvalue weighted by atomic mass is 10.1. The van der Waals surface area contributed by atoms with Gasteiger partial charge in [-0.15, -0.1) is 0 Å². The van der Waals surface area contributed by atoms with E-state index < -0.39 is 0 Å². The summed E-state index contributed by atoms with van der Waals surface area (Å²) >= 11 is 0. The molecule has 2 nitrogen and oxygen atoms in total. The molecule has 0 aliphatic carbocycles. The predicted molar refractivity (Wildman–Crippen MR) is 142 cm³/mol. The molecule has 32 heavy (non-hydrogen) atoms. The Kier molecular flexibility index (Phi) is 26.1. The van der Waals surface area contributed by atoms with E-state index in [1.165, 1.54) is 83.5 Å². The van der Waals surface area contributed by atoms with E-state index in [0.717, 1.165) is 25.7 Å². The maximum atomic E-state index is 11.8. The van der Waals surface area contributed by atoms with Gasteiger partial charge in [0.15, 0.2) is 0 Å². The predicted octanol–water partition coefficient (Wildman–Crippen LogP) is 9.82. The highest BCUT2D eigenvalue weighted by molar-refractivity contribution is 5.69. The standard InChI is InChI=1S/C30H52O2/c1-3-5-7-9-11-13-15-16-17-19-21-23-25-27-29-32-30(31)28-26-24-22-20-18-14-12-10-8-6-4-2/h4-11H,3,12-29H2,1-2H3/b6-4-,7-5-,10-8+,11-9+. The normalized spacial score (nSPS) is 12.2. The average Bonchev–Trinajstić information content (AvgIpc) is 2.80. The summed E-state index contributed by atoms with van der Waals surface area (Å²) in [6, 6.07) is 0. The zero-order valence-electron chi connectivity index (χ0n) is 21.4. The van der Waals surface area contributed by atoms with Gasteiger partial charge in [0.2, 0.25) is 0 Å². The molecule has 0 N–H and O–H groups in total. The summed E-state index contributed by atoms with van der Waals surface area (Å²) in [4.78, 5) is 11.8. The maximum Gasteiger partial charge on any atom is 0.305 e. The van der Waals surface area contributed by atoms with E-state index in [1.54, 1.807) is 0 Å². The Morgan fingerprint density at radius 2 is 1.06 bits per heavy atom. The number of rotatable bonds is 23. The molecular weight excluding hydrogens is 392 g/mol. The van der Waals surface area contributed by atoms with Gasteiger partial charge in [-0.2, -0.15) is 0 Å². The number of carbonyl (C=O) groups is 1. The molecule has 0 unspecified atom stereocenters. The third-order valence-electron chi connectivity index (χ3n) is 5.59. The van der Waals surface area contributed by atoms with Crippen molar-refractivity contribution in [2.24, 2.45) is 0 Å². The van der Waals surface area contributed by atoms with Crippen LogP contribution in [0, 0.1) is 0 Å². The molecule has 0 bridgehead atoms. The lowest BCUT2D eigenvalue weighted by molar-refractivity contribution is -0.143. The van der Waals surface area contributed by atoms with Gasteiger partial charge in [0.05, 0.1) is 6.61 Å². The molecule has 184 valence electrons. The first-order chi connectivity index (χ1) is 15.8. The summed E-state index contributed by atoms with van der Waals surface area (Å²) in [5.74, 6) is -0.00153. The molecule has 0 aromatic carbocycles. The van der Waals surface area contributed by atoms with Crippen molar-refractivity contribution in [3.05, 3.63) is 48.6 Å². The largest absolute Gasteiger partial charge is 0.466 e. The summed E-state index contributed by atoms with van der Waals surface area (Å²) in [6.07, 6.45) is 38.7. The number of hydrogen-bond acceptors (Lipinski definition) is 2. The van der Waals surface area contributed by atoms with Gasteiger partial charge < -0.3 is 4.74 Å². The first kappa shape index (κ1) is 30.4. The molecule has 0 rings (SSSR count). The Hall–Kier alpha value is -1.57. The number of ether oxygens (including phenoxy) is 1. The molecule has 0 saturated heterocycles. The lowest BCUT2D eigenvalue weighted by Crippen LogP contribution is -2.05. The lowest BCUT2D eigenvalue weighted by Gasteiger charge is -2.05. The summed E-state index contributed by atoms with van der Waals surface area (Å²) in [6.45, 7) is 4.81. The van der Waals surface area contributed by atoms with Crippen LogP contribution < -0.4 is 0 Å². The van der Waals surface area contributed by atoms with E-state index in [4.69, 9.17) is 4.74 Å². The quantitative estimate of drug-likeness (QED) is 0.0890. The van der Waals surface area contributed by atoms with Gasteiger partial charge in [-0.1, -0.05) is 120 Å². The van der Waals surface area contributed by atoms with Gasteiger partial charge in [0, 0.05) is 6.42 Å². The minimum absolute atomic E-state index is 0.00153. The Morgan fingerprint density at radius 3 is 1.62 bits per heavy atom. The maximum absolute atomic E-state index is 11.8. The molecule has 0 amide bonds. The Labute approximate surface area is 200 Å². The second-order valence-electron chi connectivity index (χ2n) is 8.72. The molecule has 0 saturated carbocycles. The van der Waals surface area contributed by atoms with Crippen molar-refractivity contribution < 1.29 is 9.53 Å². The van der Waals surface area contributed by atoms with E-state index in [-0.39, 0.29) is 5.97 Å². The van der Waals surface area contributed by atoms with Crippen LogP contribution in [0.15, 0.2) is 48.6 Å². The number of allylic oxidation sites excluding steroid dienone is 8. The fourth-order valence-electron chi connectivity index (χ4n) is 3.60. The molecular formula is C30H52O2. The van der Waals surface area contributed by atoms with Crippen molar-refractivity contribution >= 4 is 5.97 Å². The highest BCUT2D eigenvalue weighted by Gasteiger charge is 2.02. The van der Waals surface area contributed by atoms with Crippen LogP contribution in [0.5, 0.6) is 0 Å². The SMILES string of the molecule is C/C=C\C=C\CCCCCCCCC(=O)OCCCCCCCCCC/C=C/C=C\CC. The van der Waals surface area contributed by atoms with Crippen LogP contribution in [-0.4, -0.2) is 12.6 Å². The van der Waals surface area contributed by atoms with Gasteiger partial charge in [-0.3, -0.25) is 4.79 Å². The Bertz CT molecular complexity index is 499. The molecule has 0 radical (unpaired) electrons. The van der Waals surface area contributed by atoms with Crippen molar-refractivity contribution in [2.45, 2.75) is 129 Å². The van der Waals surface area contributed by atoms with Crippen molar-refractivity contribution in [3.8, 4) is 0 Å². The zero-order chi connectivity index (χ0) is 23.4. The van der Waals surface area contributed by atoms with E-state index in [0.29, 0.717) is 13.0 Å². The summed E-state index contributed by atoms with van der Waals surface area (Å²) in [5, 5.41) is 0. The van der Waals surface area contributed by atoms with Crippen LogP contribution in [0.1, 0.15) is 129 Å². The van der Waals surface area contributed by atoms with Gasteiger partial charge in [0.25, 0.3) is 0 Å². The van der Waals surface area contributed by atoms with Crippen molar-refractivity contribution in [2.75, 3.05) is 6.61 Å². The van der Waals surface area contributed by atoms with Crippen molar-refractivity contribution in [1.82, 2.24) is 0 Å². The first-order valence-electron chi connectivity index (χ1n) is 13.6. The minimum atomic E-state index is -0.00153. The summed E-state index contributed by atoms with van der Waals surface area (Å²) in [5.41, 5.74) is 0. The number of hydrogen-bond donors (Lipinski definition) is 0. The average molecular weight is 445 g/mol. The van der Waals surface area contributed by atoms with Crippen LogP contribution in [0.2, 0.25) is 0 Å². The third-order valence-corrected chi connectivity index (χ3v) is 5.59. The second kappa shape index (κ2) is 27.5. The van der Waals surface area contributed by atoms with Gasteiger partial charge in [-0.25, -0.2) is 0 Å². The highest BCUT2D eigenvalue weighted by Crippen LogP contribution is 2.11. The zero-order valence-corrected chi connectivity index (χ0v) is 21.4. The smallest absolute Gasteiger partial charge is 0.305 e. The number of unbranched alkanes of at least 4 members (excludes halogenated alkanes) is 14. The summed E-state index contributed by atoms with van der Waals surface area (Å²) in [7, 11) is 0. The fourth-order valence-corrected chi connectivity index (χ4v) is 3.60. The van der Waals surface area contributed by atoms with E-state index in [2.05, 4.69) is 55.5 Å². The molecule has 2 heteroatoms. The third kappa shape index (κ3) is 26.5. The van der Waals surface area contributed by atoms with E-state index >= 15 is 0 Å². The van der Waals surface area contributed by atoms with Crippen LogP contribution in [0.4, 0.5) is 0 Å². The Morgan fingerprint density at radius 1 is 0.594 bits per heavy atom. The fraction of sp³-hybridized carbons (Fsp3) is 0.700. The topological polar surface area (TPSA) is 26.3 Å². The van der Waals surface area contributed by atoms with Crippen LogP contribution >= 0.6 is 0 Å². The molecule has 0 aromatic rings. The molecule has 0 fully saturated rings. The minimum Gasteiger partial charge on any atom is -0.466 e.